The van der Waals surface area contributed by atoms with Crippen molar-refractivity contribution in [3.05, 3.63) is 47.0 Å². The molecule has 2 aromatic carbocycles. The van der Waals surface area contributed by atoms with Gasteiger partial charge in [0.25, 0.3) is 5.91 Å². The van der Waals surface area contributed by atoms with E-state index in [4.69, 9.17) is 45.5 Å². The lowest BCUT2D eigenvalue weighted by Crippen LogP contribution is -2.59. The van der Waals surface area contributed by atoms with Gasteiger partial charge in [-0.05, 0) is 126 Å². The summed E-state index contributed by atoms with van der Waals surface area (Å²) in [6, 6.07) is 7.17. The first-order valence-electron chi connectivity index (χ1n) is 23.4. The number of carbonyl (C=O) groups excluding carboxylic acids is 5. The third-order valence-corrected chi connectivity index (χ3v) is 10.5. The Kier molecular flexibility index (Phi) is 17.2. The molecule has 2 aliphatic rings. The van der Waals surface area contributed by atoms with Crippen LogP contribution in [0.5, 0.6) is 5.75 Å². The maximum Gasteiger partial charge on any atom is 0.407 e. The normalized spacial score (nSPS) is 18.6. The van der Waals surface area contributed by atoms with E-state index in [0.717, 1.165) is 0 Å². The number of piperidine rings is 2. The van der Waals surface area contributed by atoms with Crippen molar-refractivity contribution in [3.63, 3.8) is 0 Å². The number of benzene rings is 2. The van der Waals surface area contributed by atoms with Gasteiger partial charge in [0.05, 0.1) is 40.4 Å². The number of hydrogen-bond acceptors (Lipinski definition) is 17. The van der Waals surface area contributed by atoms with Crippen molar-refractivity contribution in [2.45, 2.75) is 142 Å². The topological polar surface area (TPSA) is 263 Å². The van der Waals surface area contributed by atoms with Crippen LogP contribution in [-0.4, -0.2) is 137 Å². The molecule has 3 heterocycles. The molecule has 0 spiro atoms. The fourth-order valence-electron chi connectivity index (χ4n) is 7.54. The quantitative estimate of drug-likeness (QED) is 0.0930. The molecule has 4 atom stereocenters. The lowest BCUT2D eigenvalue weighted by Gasteiger charge is -2.40. The molecule has 5 amide bonds. The Balaban J connectivity index is 1.54. The molecule has 0 unspecified atom stereocenters. The zero-order valence-electron chi connectivity index (χ0n) is 43.2. The van der Waals surface area contributed by atoms with E-state index in [0.29, 0.717) is 24.2 Å². The number of halogens is 1. The Morgan fingerprint density at radius 3 is 1.34 bits per heavy atom. The second-order valence-electron chi connectivity index (χ2n) is 21.8. The number of phenols is 1. The number of alkyl carbamates (subject to hydrolysis) is 4. The van der Waals surface area contributed by atoms with Gasteiger partial charge in [-0.2, -0.15) is 15.0 Å². The Morgan fingerprint density at radius 1 is 0.606 bits per heavy atom. The molecule has 0 radical (unpaired) electrons. The SMILES string of the molecule is CN(C)c1ccc(C(=O)Nc2ccc(Nc3nc(N4C[C@H](NC(=O)OC(C)(C)C)C[C@H](NC(=O)OC(C)(C)C)C4)nc(N4C[C@H](NC(=O)OC(C)(C)C)C[C@H](NC(=O)OC(C)(C)C)C4)n3)cc2Cl)c(O)c1. The Hall–Kier alpha value is -6.71. The van der Waals surface area contributed by atoms with Gasteiger partial charge in [0, 0.05) is 57.7 Å². The van der Waals surface area contributed by atoms with Crippen LogP contribution in [0.15, 0.2) is 36.4 Å². The summed E-state index contributed by atoms with van der Waals surface area (Å²) in [6.07, 6.45) is -2.01. The highest BCUT2D eigenvalue weighted by Gasteiger charge is 2.36. The van der Waals surface area contributed by atoms with Crippen LogP contribution in [0.2, 0.25) is 5.02 Å². The number of anilines is 6. The van der Waals surface area contributed by atoms with Crippen molar-refractivity contribution in [1.29, 1.82) is 0 Å². The summed E-state index contributed by atoms with van der Waals surface area (Å²) in [5.41, 5.74) is -1.72. The minimum absolute atomic E-state index is 0.0431. The molecule has 390 valence electrons. The first-order valence-corrected chi connectivity index (χ1v) is 23.8. The van der Waals surface area contributed by atoms with Crippen molar-refractivity contribution in [2.24, 2.45) is 0 Å². The molecule has 71 heavy (non-hydrogen) atoms. The molecule has 22 nitrogen and oxygen atoms in total. The van der Waals surface area contributed by atoms with Gasteiger partial charge in [-0.25, -0.2) is 19.2 Å². The molecule has 0 bridgehead atoms. The molecule has 5 rings (SSSR count). The second-order valence-corrected chi connectivity index (χ2v) is 22.2. The molecular formula is C48H71ClN12O10. The van der Waals surface area contributed by atoms with Gasteiger partial charge in [-0.15, -0.1) is 0 Å². The van der Waals surface area contributed by atoms with E-state index in [1.807, 2.05) is 14.1 Å². The van der Waals surface area contributed by atoms with Crippen molar-refractivity contribution < 1.29 is 48.0 Å². The highest BCUT2D eigenvalue weighted by atomic mass is 35.5. The highest BCUT2D eigenvalue weighted by Crippen LogP contribution is 2.31. The van der Waals surface area contributed by atoms with Crippen LogP contribution in [0.25, 0.3) is 0 Å². The number of carbonyl (C=O) groups is 5. The van der Waals surface area contributed by atoms with Crippen molar-refractivity contribution in [1.82, 2.24) is 36.2 Å². The van der Waals surface area contributed by atoms with E-state index in [1.165, 1.54) is 12.1 Å². The lowest BCUT2D eigenvalue weighted by atomic mass is 10.0. The zero-order valence-corrected chi connectivity index (χ0v) is 44.0. The molecule has 3 aromatic rings. The summed E-state index contributed by atoms with van der Waals surface area (Å²) in [6.45, 7) is 21.7. The number of aromatic nitrogens is 3. The molecule has 2 saturated heterocycles. The van der Waals surface area contributed by atoms with Gasteiger partial charge in [0.1, 0.15) is 28.2 Å². The average Bonchev–Trinajstić information content (AvgIpc) is 3.18. The zero-order chi connectivity index (χ0) is 52.8. The number of amides is 5. The Labute approximate surface area is 420 Å². The maximum atomic E-state index is 13.3. The van der Waals surface area contributed by atoms with Crippen LogP contribution in [0.1, 0.15) is 106 Å². The predicted molar refractivity (Wildman–Crippen MR) is 271 cm³/mol. The van der Waals surface area contributed by atoms with E-state index in [9.17, 15) is 29.1 Å². The molecule has 2 aliphatic heterocycles. The van der Waals surface area contributed by atoms with Crippen LogP contribution in [0, 0.1) is 0 Å². The van der Waals surface area contributed by atoms with E-state index in [2.05, 4.69) is 31.9 Å². The van der Waals surface area contributed by atoms with E-state index in [-0.39, 0.29) is 66.0 Å². The summed E-state index contributed by atoms with van der Waals surface area (Å²) in [5.74, 6) is -0.467. The lowest BCUT2D eigenvalue weighted by molar-refractivity contribution is 0.0452. The number of phenolic OH excluding ortho intramolecular Hbond substituents is 1. The van der Waals surface area contributed by atoms with Crippen LogP contribution in [-0.2, 0) is 18.9 Å². The molecule has 23 heteroatoms. The molecular weight excluding hydrogens is 940 g/mol. The van der Waals surface area contributed by atoms with Crippen molar-refractivity contribution in [2.75, 3.05) is 65.6 Å². The number of ether oxygens (including phenoxy) is 4. The molecule has 1 aromatic heterocycles. The third kappa shape index (κ3) is 17.9. The molecule has 0 saturated carbocycles. The van der Waals surface area contributed by atoms with Gasteiger partial charge < -0.3 is 70.7 Å². The summed E-state index contributed by atoms with van der Waals surface area (Å²) in [7, 11) is 3.63. The van der Waals surface area contributed by atoms with Gasteiger partial charge >= 0.3 is 24.4 Å². The molecule has 0 aliphatic carbocycles. The molecule has 7 N–H and O–H groups in total. The van der Waals surface area contributed by atoms with Gasteiger partial charge in [-0.3, -0.25) is 4.79 Å². The minimum atomic E-state index is -0.787. The average molecular weight is 1010 g/mol. The first kappa shape index (κ1) is 55.2. The summed E-state index contributed by atoms with van der Waals surface area (Å²) >= 11 is 6.76. The van der Waals surface area contributed by atoms with Crippen molar-refractivity contribution in [3.8, 4) is 5.75 Å². The number of hydrogen-bond donors (Lipinski definition) is 7. The van der Waals surface area contributed by atoms with Gasteiger partial charge in [0.15, 0.2) is 0 Å². The fraction of sp³-hybridized carbons (Fsp3) is 0.583. The van der Waals surface area contributed by atoms with Gasteiger partial charge in [0.2, 0.25) is 17.8 Å². The number of aromatic hydroxyl groups is 1. The molecule has 2 fully saturated rings. The number of rotatable bonds is 11. The third-order valence-electron chi connectivity index (χ3n) is 10.2. The van der Waals surface area contributed by atoms with Crippen LogP contribution in [0.3, 0.4) is 0 Å². The number of nitrogens with zero attached hydrogens (tertiary/aromatic N) is 6. The fourth-order valence-corrected chi connectivity index (χ4v) is 7.76. The Bertz CT molecular complexity index is 2240. The van der Waals surface area contributed by atoms with E-state index >= 15 is 0 Å². The smallest absolute Gasteiger partial charge is 0.407 e. The summed E-state index contributed by atoms with van der Waals surface area (Å²) in [5, 5.41) is 28.4. The van der Waals surface area contributed by atoms with Crippen LogP contribution >= 0.6 is 11.6 Å². The highest BCUT2D eigenvalue weighted by molar-refractivity contribution is 6.34. The Morgan fingerprint density at radius 2 is 1.00 bits per heavy atom. The van der Waals surface area contributed by atoms with Crippen molar-refractivity contribution >= 4 is 76.8 Å². The van der Waals surface area contributed by atoms with Crippen LogP contribution < -0.4 is 46.6 Å². The van der Waals surface area contributed by atoms with Crippen LogP contribution in [0.4, 0.5) is 54.1 Å². The minimum Gasteiger partial charge on any atom is -0.507 e. The maximum absolute atomic E-state index is 13.3. The standard InChI is InChI=1S/C48H71ClN12O10/c1-45(2,3)68-41(64)51-28-19-29(52-42(65)69-46(4,5)6)24-60(23-28)39-56-38(50-27-15-18-35(34(49)21-27)55-37(63)33-17-16-32(59(13)14)22-36(33)62)57-40(58-39)61-25-30(53-43(66)70-47(7,8)9)20-31(26-61)54-44(67)71-48(10,11)12/h15-18,21-22,28-31,62H,19-20,23-26H2,1-14H3,(H,51,64)(H,52,65)(H,53,66)(H,54,67)(H,55,63)(H,50,56,57,58)/t28-,29+,30-,31+. The number of nitrogens with one attached hydrogen (secondary N) is 6. The van der Waals surface area contributed by atoms with E-state index < -0.39 is 76.9 Å². The van der Waals surface area contributed by atoms with Gasteiger partial charge in [-0.1, -0.05) is 11.6 Å². The summed E-state index contributed by atoms with van der Waals surface area (Å²) < 4.78 is 22.4. The monoisotopic (exact) mass is 1010 g/mol. The second kappa shape index (κ2) is 22.2. The predicted octanol–water partition coefficient (Wildman–Crippen LogP) is 7.29. The first-order chi connectivity index (χ1) is 32.8. The largest absolute Gasteiger partial charge is 0.507 e. The summed E-state index contributed by atoms with van der Waals surface area (Å²) in [4.78, 5) is 85.9. The van der Waals surface area contributed by atoms with E-state index in [1.54, 1.807) is 122 Å².